The molecular formula is C15H22FN5. The molecule has 0 fully saturated rings. The molecule has 0 unspecified atom stereocenters. The van der Waals surface area contributed by atoms with Crippen molar-refractivity contribution in [3.8, 4) is 0 Å². The number of halogens is 1. The Balaban J connectivity index is 2.05. The molecule has 0 spiro atoms. The van der Waals surface area contributed by atoms with Crippen LogP contribution in [0, 0.1) is 5.82 Å². The quantitative estimate of drug-likeness (QED) is 0.888. The third-order valence-electron chi connectivity index (χ3n) is 3.14. The van der Waals surface area contributed by atoms with Crippen LogP contribution in [0.4, 0.5) is 10.2 Å². The molecule has 2 aromatic rings. The van der Waals surface area contributed by atoms with Crippen molar-refractivity contribution in [3.05, 3.63) is 41.6 Å². The van der Waals surface area contributed by atoms with Crippen LogP contribution in [0.3, 0.4) is 0 Å². The predicted octanol–water partition coefficient (Wildman–Crippen LogP) is 2.45. The summed E-state index contributed by atoms with van der Waals surface area (Å²) >= 11 is 0. The Morgan fingerprint density at radius 3 is 2.57 bits per heavy atom. The SMILES string of the molecule is Cn1nccc1CNc1nccc(CNC(C)(C)C)c1F. The second-order valence-electron chi connectivity index (χ2n) is 6.04. The molecule has 114 valence electrons. The molecule has 6 heteroatoms. The van der Waals surface area contributed by atoms with Gasteiger partial charge in [0.2, 0.25) is 0 Å². The highest BCUT2D eigenvalue weighted by Crippen LogP contribution is 2.16. The maximum atomic E-state index is 14.4. The molecule has 2 N–H and O–H groups in total. The summed E-state index contributed by atoms with van der Waals surface area (Å²) in [6, 6.07) is 3.58. The number of aromatic nitrogens is 3. The standard InChI is InChI=1S/C15H22FN5/c1-15(2,3)19-9-11-5-7-17-14(13(11)16)18-10-12-6-8-20-21(12)4/h5-8,19H,9-10H2,1-4H3,(H,17,18). The van der Waals surface area contributed by atoms with Gasteiger partial charge in [-0.15, -0.1) is 0 Å². The fourth-order valence-corrected chi connectivity index (χ4v) is 1.85. The van der Waals surface area contributed by atoms with Crippen LogP contribution < -0.4 is 10.6 Å². The Bertz CT molecular complexity index is 600. The van der Waals surface area contributed by atoms with Crippen molar-refractivity contribution < 1.29 is 4.39 Å². The van der Waals surface area contributed by atoms with Crippen molar-refractivity contribution in [1.82, 2.24) is 20.1 Å². The maximum absolute atomic E-state index is 14.4. The number of aryl methyl sites for hydroxylation is 1. The molecule has 0 atom stereocenters. The van der Waals surface area contributed by atoms with Gasteiger partial charge < -0.3 is 10.6 Å². The molecule has 0 aliphatic rings. The Kier molecular flexibility index (Phi) is 4.57. The lowest BCUT2D eigenvalue weighted by Gasteiger charge is -2.21. The van der Waals surface area contributed by atoms with Crippen molar-refractivity contribution in [2.24, 2.45) is 7.05 Å². The first kappa shape index (κ1) is 15.4. The van der Waals surface area contributed by atoms with Gasteiger partial charge in [0.15, 0.2) is 11.6 Å². The minimum Gasteiger partial charge on any atom is -0.362 e. The number of nitrogens with one attached hydrogen (secondary N) is 2. The Labute approximate surface area is 124 Å². The molecule has 0 saturated heterocycles. The minimum atomic E-state index is -0.309. The predicted molar refractivity (Wildman–Crippen MR) is 81.3 cm³/mol. The maximum Gasteiger partial charge on any atom is 0.169 e. The summed E-state index contributed by atoms with van der Waals surface area (Å²) in [4.78, 5) is 4.07. The van der Waals surface area contributed by atoms with Crippen molar-refractivity contribution in [3.63, 3.8) is 0 Å². The first-order valence-electron chi connectivity index (χ1n) is 6.96. The van der Waals surface area contributed by atoms with E-state index in [1.807, 2.05) is 33.9 Å². The summed E-state index contributed by atoms with van der Waals surface area (Å²) in [6.07, 6.45) is 3.33. The van der Waals surface area contributed by atoms with E-state index in [4.69, 9.17) is 0 Å². The smallest absolute Gasteiger partial charge is 0.169 e. The lowest BCUT2D eigenvalue weighted by molar-refractivity contribution is 0.418. The second-order valence-corrected chi connectivity index (χ2v) is 6.04. The molecule has 0 radical (unpaired) electrons. The number of rotatable bonds is 5. The van der Waals surface area contributed by atoms with Crippen LogP contribution in [0.25, 0.3) is 0 Å². The van der Waals surface area contributed by atoms with Gasteiger partial charge in [-0.2, -0.15) is 5.10 Å². The van der Waals surface area contributed by atoms with Crippen LogP contribution in [0.15, 0.2) is 24.5 Å². The number of nitrogens with zero attached hydrogens (tertiary/aromatic N) is 3. The molecular weight excluding hydrogens is 269 g/mol. The summed E-state index contributed by atoms with van der Waals surface area (Å²) in [6.45, 7) is 7.10. The molecule has 0 bridgehead atoms. The highest BCUT2D eigenvalue weighted by Gasteiger charge is 2.13. The van der Waals surface area contributed by atoms with Crippen LogP contribution in [0.1, 0.15) is 32.0 Å². The third-order valence-corrected chi connectivity index (χ3v) is 3.14. The van der Waals surface area contributed by atoms with E-state index in [1.165, 1.54) is 0 Å². The van der Waals surface area contributed by atoms with Crippen molar-refractivity contribution >= 4 is 5.82 Å². The molecule has 2 aromatic heterocycles. The van der Waals surface area contributed by atoms with Crippen LogP contribution >= 0.6 is 0 Å². The molecule has 0 aromatic carbocycles. The van der Waals surface area contributed by atoms with E-state index in [0.717, 1.165) is 5.69 Å². The molecule has 2 heterocycles. The molecule has 2 rings (SSSR count). The summed E-state index contributed by atoms with van der Waals surface area (Å²) in [5, 5.41) is 10.4. The van der Waals surface area contributed by atoms with Gasteiger partial charge in [0, 0.05) is 37.1 Å². The number of pyridine rings is 1. The second kappa shape index (κ2) is 6.22. The van der Waals surface area contributed by atoms with Crippen LogP contribution in [0.5, 0.6) is 0 Å². The van der Waals surface area contributed by atoms with Crippen molar-refractivity contribution in [2.45, 2.75) is 39.4 Å². The van der Waals surface area contributed by atoms with Gasteiger partial charge in [-0.1, -0.05) is 0 Å². The molecule has 0 amide bonds. The lowest BCUT2D eigenvalue weighted by Crippen LogP contribution is -2.35. The van der Waals surface area contributed by atoms with Gasteiger partial charge in [0.05, 0.1) is 12.2 Å². The summed E-state index contributed by atoms with van der Waals surface area (Å²) < 4.78 is 16.1. The van der Waals surface area contributed by atoms with E-state index in [1.54, 1.807) is 23.1 Å². The number of hydrogen-bond donors (Lipinski definition) is 2. The zero-order chi connectivity index (χ0) is 15.5. The Morgan fingerprint density at radius 1 is 1.19 bits per heavy atom. The fourth-order valence-electron chi connectivity index (χ4n) is 1.85. The zero-order valence-corrected chi connectivity index (χ0v) is 12.9. The molecule has 0 saturated carbocycles. The van der Waals surface area contributed by atoms with Crippen LogP contribution in [0.2, 0.25) is 0 Å². The van der Waals surface area contributed by atoms with Gasteiger partial charge >= 0.3 is 0 Å². The topological polar surface area (TPSA) is 54.8 Å². The van der Waals surface area contributed by atoms with Gasteiger partial charge in [-0.05, 0) is 32.9 Å². The van der Waals surface area contributed by atoms with E-state index in [2.05, 4.69) is 20.7 Å². The summed E-state index contributed by atoms with van der Waals surface area (Å²) in [5.74, 6) is -0.0409. The lowest BCUT2D eigenvalue weighted by atomic mass is 10.1. The van der Waals surface area contributed by atoms with Gasteiger partial charge in [0.25, 0.3) is 0 Å². The number of hydrogen-bond acceptors (Lipinski definition) is 4. The molecule has 0 aliphatic carbocycles. The van der Waals surface area contributed by atoms with Gasteiger partial charge in [-0.3, -0.25) is 4.68 Å². The Hall–Kier alpha value is -1.95. The van der Waals surface area contributed by atoms with E-state index >= 15 is 0 Å². The average molecular weight is 291 g/mol. The van der Waals surface area contributed by atoms with E-state index in [-0.39, 0.29) is 17.2 Å². The van der Waals surface area contributed by atoms with Gasteiger partial charge in [-0.25, -0.2) is 9.37 Å². The molecule has 0 aliphatic heterocycles. The minimum absolute atomic E-state index is 0.0575. The van der Waals surface area contributed by atoms with E-state index < -0.39 is 0 Å². The first-order chi connectivity index (χ1) is 9.87. The Morgan fingerprint density at radius 2 is 1.95 bits per heavy atom. The zero-order valence-electron chi connectivity index (χ0n) is 12.9. The molecule has 21 heavy (non-hydrogen) atoms. The van der Waals surface area contributed by atoms with Gasteiger partial charge in [0.1, 0.15) is 0 Å². The highest BCUT2D eigenvalue weighted by atomic mass is 19.1. The van der Waals surface area contributed by atoms with E-state index in [9.17, 15) is 4.39 Å². The van der Waals surface area contributed by atoms with Crippen LogP contribution in [-0.2, 0) is 20.1 Å². The normalized spacial score (nSPS) is 11.7. The number of anilines is 1. The summed E-state index contributed by atoms with van der Waals surface area (Å²) in [7, 11) is 1.85. The highest BCUT2D eigenvalue weighted by molar-refractivity contribution is 5.40. The first-order valence-corrected chi connectivity index (χ1v) is 6.96. The van der Waals surface area contributed by atoms with Crippen molar-refractivity contribution in [1.29, 1.82) is 0 Å². The van der Waals surface area contributed by atoms with E-state index in [0.29, 0.717) is 18.7 Å². The summed E-state index contributed by atoms with van der Waals surface area (Å²) in [5.41, 5.74) is 1.51. The molecule has 5 nitrogen and oxygen atoms in total. The fraction of sp³-hybridized carbons (Fsp3) is 0.467. The average Bonchev–Trinajstić information content (AvgIpc) is 2.81. The van der Waals surface area contributed by atoms with Crippen molar-refractivity contribution in [2.75, 3.05) is 5.32 Å². The largest absolute Gasteiger partial charge is 0.362 e. The monoisotopic (exact) mass is 291 g/mol. The van der Waals surface area contributed by atoms with Crippen LogP contribution in [-0.4, -0.2) is 20.3 Å². The third kappa shape index (κ3) is 4.26.